The molecule has 1 aromatic rings. The van der Waals surface area contributed by atoms with E-state index in [1.54, 1.807) is 18.2 Å². The van der Waals surface area contributed by atoms with Gasteiger partial charge in [0.2, 0.25) is 0 Å². The predicted octanol–water partition coefficient (Wildman–Crippen LogP) is 1.12. The monoisotopic (exact) mass is 234 g/mol. The van der Waals surface area contributed by atoms with Crippen molar-refractivity contribution < 1.29 is 23.8 Å². The van der Waals surface area contributed by atoms with Gasteiger partial charge in [-0.1, -0.05) is 0 Å². The van der Waals surface area contributed by atoms with Gasteiger partial charge in [0.25, 0.3) is 0 Å². The number of carbonyl (C=O) groups is 2. The molecule has 0 aromatic heterocycles. The normalized spacial score (nSPS) is 13.4. The highest BCUT2D eigenvalue weighted by Gasteiger charge is 2.12. The Labute approximate surface area is 97.6 Å². The van der Waals surface area contributed by atoms with Crippen molar-refractivity contribution in [3.8, 4) is 17.2 Å². The van der Waals surface area contributed by atoms with Gasteiger partial charge in [0.05, 0.1) is 0 Å². The summed E-state index contributed by atoms with van der Waals surface area (Å²) in [7, 11) is 0. The molecule has 5 nitrogen and oxygen atoms in total. The first-order valence-corrected chi connectivity index (χ1v) is 5.03. The second-order valence-electron chi connectivity index (χ2n) is 3.22. The molecule has 0 bridgehead atoms. The summed E-state index contributed by atoms with van der Waals surface area (Å²) in [4.78, 5) is 21.2. The highest BCUT2D eigenvalue weighted by Crippen LogP contribution is 2.33. The van der Waals surface area contributed by atoms with Gasteiger partial charge in [-0.2, -0.15) is 0 Å². The molecular weight excluding hydrogens is 224 g/mol. The third-order valence-electron chi connectivity index (χ3n) is 2.04. The third-order valence-corrected chi connectivity index (χ3v) is 2.04. The van der Waals surface area contributed by atoms with Crippen LogP contribution in [0.4, 0.5) is 0 Å². The van der Waals surface area contributed by atoms with E-state index in [4.69, 9.17) is 14.2 Å². The first kappa shape index (κ1) is 11.2. The smallest absolute Gasteiger partial charge is 0.336 e. The Kier molecular flexibility index (Phi) is 3.40. The molecule has 2 rings (SSSR count). The van der Waals surface area contributed by atoms with Crippen LogP contribution in [0.2, 0.25) is 0 Å². The van der Waals surface area contributed by atoms with Crippen molar-refractivity contribution in [3.05, 3.63) is 30.4 Å². The summed E-state index contributed by atoms with van der Waals surface area (Å²) in [6.45, 7) is 0.976. The topological polar surface area (TPSA) is 61.8 Å². The zero-order valence-electron chi connectivity index (χ0n) is 8.92. The zero-order valence-corrected chi connectivity index (χ0v) is 8.92. The SMILES string of the molecule is O=CC=CC(=O)Oc1ccc2c(c1)OCCO2. The van der Waals surface area contributed by atoms with Gasteiger partial charge in [0.15, 0.2) is 11.5 Å². The molecule has 0 spiro atoms. The number of hydrogen-bond acceptors (Lipinski definition) is 5. The summed E-state index contributed by atoms with van der Waals surface area (Å²) in [5, 5.41) is 0. The van der Waals surface area contributed by atoms with E-state index in [0.29, 0.717) is 36.7 Å². The molecule has 1 aliphatic heterocycles. The van der Waals surface area contributed by atoms with Gasteiger partial charge < -0.3 is 14.2 Å². The van der Waals surface area contributed by atoms with E-state index in [0.717, 1.165) is 12.2 Å². The number of ether oxygens (including phenoxy) is 3. The Hall–Kier alpha value is -2.30. The standard InChI is InChI=1S/C12H10O5/c13-5-1-2-12(14)17-9-3-4-10-11(8-9)16-7-6-15-10/h1-5,8H,6-7H2. The number of allylic oxidation sites excluding steroid dienone is 1. The second kappa shape index (κ2) is 5.16. The van der Waals surface area contributed by atoms with Crippen LogP contribution < -0.4 is 14.2 Å². The highest BCUT2D eigenvalue weighted by atomic mass is 16.6. The maximum atomic E-state index is 11.2. The molecule has 0 fully saturated rings. The van der Waals surface area contributed by atoms with Crippen LogP contribution in [-0.2, 0) is 9.59 Å². The van der Waals surface area contributed by atoms with Crippen molar-refractivity contribution in [2.45, 2.75) is 0 Å². The van der Waals surface area contributed by atoms with Crippen LogP contribution in [0.15, 0.2) is 30.4 Å². The van der Waals surface area contributed by atoms with E-state index in [1.165, 1.54) is 0 Å². The summed E-state index contributed by atoms with van der Waals surface area (Å²) in [5.74, 6) is 0.893. The maximum Gasteiger partial charge on any atom is 0.336 e. The van der Waals surface area contributed by atoms with Crippen molar-refractivity contribution >= 4 is 12.3 Å². The van der Waals surface area contributed by atoms with Gasteiger partial charge in [-0.05, 0) is 18.2 Å². The first-order chi connectivity index (χ1) is 8.29. The Balaban J connectivity index is 2.09. The fourth-order valence-corrected chi connectivity index (χ4v) is 1.36. The van der Waals surface area contributed by atoms with Crippen molar-refractivity contribution in [1.29, 1.82) is 0 Å². The maximum absolute atomic E-state index is 11.2. The minimum Gasteiger partial charge on any atom is -0.486 e. The lowest BCUT2D eigenvalue weighted by Gasteiger charge is -2.18. The Morgan fingerprint density at radius 2 is 2.00 bits per heavy atom. The summed E-state index contributed by atoms with van der Waals surface area (Å²) in [6, 6.07) is 4.84. The average molecular weight is 234 g/mol. The number of aldehydes is 1. The molecule has 0 amide bonds. The van der Waals surface area contributed by atoms with Crippen molar-refractivity contribution in [2.24, 2.45) is 0 Å². The van der Waals surface area contributed by atoms with Gasteiger partial charge in [0.1, 0.15) is 25.2 Å². The number of benzene rings is 1. The fourth-order valence-electron chi connectivity index (χ4n) is 1.36. The summed E-state index contributed by atoms with van der Waals surface area (Å²) in [5.41, 5.74) is 0. The van der Waals surface area contributed by atoms with Crippen LogP contribution in [0.3, 0.4) is 0 Å². The van der Waals surface area contributed by atoms with Crippen LogP contribution in [0.25, 0.3) is 0 Å². The second-order valence-corrected chi connectivity index (χ2v) is 3.22. The van der Waals surface area contributed by atoms with E-state index in [-0.39, 0.29) is 0 Å². The molecule has 0 saturated carbocycles. The minimum absolute atomic E-state index is 0.342. The zero-order chi connectivity index (χ0) is 12.1. The Morgan fingerprint density at radius 1 is 1.24 bits per heavy atom. The molecule has 0 unspecified atom stereocenters. The lowest BCUT2D eigenvalue weighted by Crippen LogP contribution is -2.15. The number of esters is 1. The molecule has 1 aromatic carbocycles. The number of carbonyl (C=O) groups excluding carboxylic acids is 2. The molecule has 0 aliphatic carbocycles. The molecule has 1 aliphatic rings. The van der Waals surface area contributed by atoms with Crippen LogP contribution in [-0.4, -0.2) is 25.5 Å². The minimum atomic E-state index is -0.617. The van der Waals surface area contributed by atoms with Gasteiger partial charge in [0, 0.05) is 12.1 Å². The lowest BCUT2D eigenvalue weighted by molar-refractivity contribution is -0.129. The quantitative estimate of drug-likeness (QED) is 0.339. The molecule has 0 atom stereocenters. The number of fused-ring (bicyclic) bond motifs is 1. The lowest BCUT2D eigenvalue weighted by atomic mass is 10.3. The summed E-state index contributed by atoms with van der Waals surface area (Å²) in [6.07, 6.45) is 2.62. The van der Waals surface area contributed by atoms with E-state index < -0.39 is 5.97 Å². The molecular formula is C12H10O5. The van der Waals surface area contributed by atoms with Gasteiger partial charge in [-0.25, -0.2) is 4.79 Å². The van der Waals surface area contributed by atoms with E-state index in [1.807, 2.05) is 0 Å². The van der Waals surface area contributed by atoms with Gasteiger partial charge in [-0.15, -0.1) is 0 Å². The van der Waals surface area contributed by atoms with Crippen LogP contribution >= 0.6 is 0 Å². The van der Waals surface area contributed by atoms with Crippen molar-refractivity contribution in [3.63, 3.8) is 0 Å². The average Bonchev–Trinajstić information content (AvgIpc) is 2.36. The summed E-state index contributed by atoms with van der Waals surface area (Å²) >= 11 is 0. The van der Waals surface area contributed by atoms with Crippen LogP contribution in [0.1, 0.15) is 0 Å². The molecule has 5 heteroatoms. The molecule has 0 N–H and O–H groups in total. The van der Waals surface area contributed by atoms with Gasteiger partial charge >= 0.3 is 5.97 Å². The molecule has 0 saturated heterocycles. The van der Waals surface area contributed by atoms with Crippen molar-refractivity contribution in [2.75, 3.05) is 13.2 Å². The predicted molar refractivity (Wildman–Crippen MR) is 58.3 cm³/mol. The van der Waals surface area contributed by atoms with E-state index in [2.05, 4.69) is 0 Å². The molecule has 17 heavy (non-hydrogen) atoms. The number of hydrogen-bond donors (Lipinski definition) is 0. The molecule has 88 valence electrons. The fraction of sp³-hybridized carbons (Fsp3) is 0.167. The molecule has 0 radical (unpaired) electrons. The Morgan fingerprint density at radius 3 is 2.76 bits per heavy atom. The summed E-state index contributed by atoms with van der Waals surface area (Å²) < 4.78 is 15.6. The van der Waals surface area contributed by atoms with Crippen molar-refractivity contribution in [1.82, 2.24) is 0 Å². The number of rotatable bonds is 3. The third kappa shape index (κ3) is 2.84. The van der Waals surface area contributed by atoms with E-state index in [9.17, 15) is 9.59 Å². The first-order valence-electron chi connectivity index (χ1n) is 5.03. The molecule has 1 heterocycles. The van der Waals surface area contributed by atoms with Crippen LogP contribution in [0.5, 0.6) is 17.2 Å². The Bertz CT molecular complexity index is 464. The van der Waals surface area contributed by atoms with Gasteiger partial charge in [-0.3, -0.25) is 4.79 Å². The largest absolute Gasteiger partial charge is 0.486 e. The highest BCUT2D eigenvalue weighted by molar-refractivity contribution is 5.88. The van der Waals surface area contributed by atoms with E-state index >= 15 is 0 Å². The van der Waals surface area contributed by atoms with Crippen LogP contribution in [0, 0.1) is 0 Å².